The summed E-state index contributed by atoms with van der Waals surface area (Å²) in [7, 11) is 0. The maximum atomic E-state index is 12.0. The lowest BCUT2D eigenvalue weighted by Crippen LogP contribution is -2.07. The van der Waals surface area contributed by atoms with Gasteiger partial charge in [-0.2, -0.15) is 0 Å². The molecule has 0 saturated heterocycles. The summed E-state index contributed by atoms with van der Waals surface area (Å²) < 4.78 is 5.55. The number of thioether (sulfide) groups is 1. The van der Waals surface area contributed by atoms with Gasteiger partial charge in [0, 0.05) is 12.0 Å². The molecule has 1 aliphatic rings. The van der Waals surface area contributed by atoms with E-state index in [9.17, 15) is 4.79 Å². The number of fused-ring (bicyclic) bond motifs is 2. The third-order valence-electron chi connectivity index (χ3n) is 2.25. The largest absolute Gasteiger partial charge is 0.437 e. The molecule has 1 aliphatic heterocycles. The second-order valence-electron chi connectivity index (χ2n) is 3.18. The van der Waals surface area contributed by atoms with E-state index in [2.05, 4.69) is 4.99 Å². The van der Waals surface area contributed by atoms with Crippen LogP contribution >= 0.6 is 11.8 Å². The van der Waals surface area contributed by atoms with E-state index in [1.165, 1.54) is 11.8 Å². The van der Waals surface area contributed by atoms with E-state index in [1.54, 1.807) is 18.3 Å². The van der Waals surface area contributed by atoms with Crippen LogP contribution in [-0.2, 0) is 0 Å². The van der Waals surface area contributed by atoms with Crippen LogP contribution in [0.1, 0.15) is 0 Å². The maximum absolute atomic E-state index is 12.0. The van der Waals surface area contributed by atoms with Crippen LogP contribution in [0.2, 0.25) is 0 Å². The number of aliphatic imine (C=N–C) groups is 1. The summed E-state index contributed by atoms with van der Waals surface area (Å²) in [6.07, 6.45) is 1.75. The van der Waals surface area contributed by atoms with Gasteiger partial charge in [-0.3, -0.25) is 4.79 Å². The van der Waals surface area contributed by atoms with Crippen molar-refractivity contribution < 1.29 is 4.42 Å². The minimum atomic E-state index is 0.0219. The highest BCUT2D eigenvalue weighted by Gasteiger charge is 2.15. The molecular formula is C11H7NO2S. The number of para-hydroxylation sites is 1. The molecule has 2 heterocycles. The normalized spacial score (nSPS) is 14.1. The molecule has 0 radical (unpaired) electrons. The van der Waals surface area contributed by atoms with Crippen molar-refractivity contribution in [1.82, 2.24) is 0 Å². The molecule has 1 aromatic carbocycles. The Hall–Kier alpha value is -1.55. The van der Waals surface area contributed by atoms with E-state index >= 15 is 0 Å². The Kier molecular flexibility index (Phi) is 1.89. The minimum absolute atomic E-state index is 0.0219. The summed E-state index contributed by atoms with van der Waals surface area (Å²) in [5.41, 5.74) is 0.620. The second-order valence-corrected chi connectivity index (χ2v) is 4.21. The fraction of sp³-hybridized carbons (Fsp3) is 0.0909. The van der Waals surface area contributed by atoms with Crippen LogP contribution in [0, 0.1) is 0 Å². The molecule has 3 nitrogen and oxygen atoms in total. The SMILES string of the molecule is O=c1c2c(oc3ccccc13)N=CCS2. The molecule has 1 aromatic heterocycles. The molecule has 0 atom stereocenters. The van der Waals surface area contributed by atoms with Gasteiger partial charge in [-0.25, -0.2) is 4.99 Å². The first-order chi connectivity index (χ1) is 7.36. The third-order valence-corrected chi connectivity index (χ3v) is 3.21. The molecule has 3 rings (SSSR count). The van der Waals surface area contributed by atoms with Crippen molar-refractivity contribution >= 4 is 34.8 Å². The van der Waals surface area contributed by atoms with E-state index in [0.717, 1.165) is 5.75 Å². The monoisotopic (exact) mass is 217 g/mol. The van der Waals surface area contributed by atoms with Crippen molar-refractivity contribution in [3.05, 3.63) is 34.5 Å². The van der Waals surface area contributed by atoms with Crippen molar-refractivity contribution in [1.29, 1.82) is 0 Å². The molecule has 2 aromatic rings. The molecule has 0 N–H and O–H groups in total. The number of benzene rings is 1. The lowest BCUT2D eigenvalue weighted by Gasteiger charge is -2.07. The van der Waals surface area contributed by atoms with Crippen LogP contribution in [0.15, 0.2) is 43.4 Å². The van der Waals surface area contributed by atoms with Crippen LogP contribution in [0.5, 0.6) is 0 Å². The highest BCUT2D eigenvalue weighted by Crippen LogP contribution is 2.31. The van der Waals surface area contributed by atoms with E-state index in [4.69, 9.17) is 4.42 Å². The van der Waals surface area contributed by atoms with Gasteiger partial charge in [-0.15, -0.1) is 11.8 Å². The molecule has 0 fully saturated rings. The zero-order chi connectivity index (χ0) is 10.3. The van der Waals surface area contributed by atoms with E-state index in [0.29, 0.717) is 21.7 Å². The molecule has 0 unspecified atom stereocenters. The number of hydrogen-bond acceptors (Lipinski definition) is 4. The molecule has 0 bridgehead atoms. The zero-order valence-corrected chi connectivity index (χ0v) is 8.58. The van der Waals surface area contributed by atoms with Crippen molar-refractivity contribution in [2.45, 2.75) is 4.90 Å². The third kappa shape index (κ3) is 1.29. The number of rotatable bonds is 0. The molecule has 15 heavy (non-hydrogen) atoms. The van der Waals surface area contributed by atoms with Crippen molar-refractivity contribution in [3.63, 3.8) is 0 Å². The van der Waals surface area contributed by atoms with Gasteiger partial charge in [0.15, 0.2) is 0 Å². The van der Waals surface area contributed by atoms with Gasteiger partial charge in [0.2, 0.25) is 11.3 Å². The van der Waals surface area contributed by atoms with Crippen LogP contribution in [0.4, 0.5) is 5.88 Å². The Labute approximate surface area is 89.8 Å². The Balaban J connectivity index is 2.48. The predicted octanol–water partition coefficient (Wildman–Crippen LogP) is 2.60. The Morgan fingerprint density at radius 2 is 2.20 bits per heavy atom. The second kappa shape index (κ2) is 3.24. The molecular weight excluding hydrogens is 210 g/mol. The average Bonchev–Trinajstić information content (AvgIpc) is 2.30. The quantitative estimate of drug-likeness (QED) is 0.681. The van der Waals surface area contributed by atoms with E-state index in [-0.39, 0.29) is 5.43 Å². The van der Waals surface area contributed by atoms with Gasteiger partial charge in [0.1, 0.15) is 10.5 Å². The first kappa shape index (κ1) is 8.73. The Bertz CT molecular complexity index is 616. The molecule has 0 amide bonds. The van der Waals surface area contributed by atoms with Crippen LogP contribution in [0.3, 0.4) is 0 Å². The summed E-state index contributed by atoms with van der Waals surface area (Å²) in [6, 6.07) is 7.24. The smallest absolute Gasteiger partial charge is 0.236 e. The Morgan fingerprint density at radius 1 is 1.33 bits per heavy atom. The summed E-state index contributed by atoms with van der Waals surface area (Å²) in [5.74, 6) is 1.17. The van der Waals surface area contributed by atoms with E-state index < -0.39 is 0 Å². The van der Waals surface area contributed by atoms with Crippen molar-refractivity contribution in [2.24, 2.45) is 4.99 Å². The van der Waals surface area contributed by atoms with Gasteiger partial charge in [0.05, 0.1) is 5.39 Å². The number of hydrogen-bond donors (Lipinski definition) is 0. The van der Waals surface area contributed by atoms with Gasteiger partial charge in [0.25, 0.3) is 0 Å². The first-order valence-corrected chi connectivity index (χ1v) is 5.56. The number of nitrogens with zero attached hydrogens (tertiary/aromatic N) is 1. The summed E-state index contributed by atoms with van der Waals surface area (Å²) in [5, 5.41) is 0.626. The van der Waals surface area contributed by atoms with Crippen LogP contribution < -0.4 is 5.43 Å². The lowest BCUT2D eigenvalue weighted by atomic mass is 10.2. The van der Waals surface area contributed by atoms with Gasteiger partial charge >= 0.3 is 0 Å². The highest BCUT2D eigenvalue weighted by atomic mass is 32.2. The average molecular weight is 217 g/mol. The van der Waals surface area contributed by atoms with Crippen molar-refractivity contribution in [3.8, 4) is 0 Å². The fourth-order valence-electron chi connectivity index (χ4n) is 1.57. The lowest BCUT2D eigenvalue weighted by molar-refractivity contribution is 0.599. The topological polar surface area (TPSA) is 42.6 Å². The summed E-state index contributed by atoms with van der Waals surface area (Å²) in [6.45, 7) is 0. The fourth-order valence-corrected chi connectivity index (χ4v) is 2.34. The zero-order valence-electron chi connectivity index (χ0n) is 7.77. The molecule has 74 valence electrons. The standard InChI is InChI=1S/C11H7NO2S/c13-9-7-3-1-2-4-8(7)14-11-10(9)15-6-5-12-11/h1-5H,6H2. The van der Waals surface area contributed by atoms with E-state index in [1.807, 2.05) is 12.1 Å². The molecule has 0 aliphatic carbocycles. The summed E-state index contributed by atoms with van der Waals surface area (Å²) in [4.78, 5) is 16.7. The Morgan fingerprint density at radius 3 is 3.13 bits per heavy atom. The maximum Gasteiger partial charge on any atom is 0.236 e. The van der Waals surface area contributed by atoms with Gasteiger partial charge in [-0.1, -0.05) is 12.1 Å². The van der Waals surface area contributed by atoms with Gasteiger partial charge in [-0.05, 0) is 12.1 Å². The minimum Gasteiger partial charge on any atom is -0.437 e. The molecule has 0 spiro atoms. The highest BCUT2D eigenvalue weighted by molar-refractivity contribution is 8.00. The van der Waals surface area contributed by atoms with Crippen LogP contribution in [0.25, 0.3) is 11.0 Å². The van der Waals surface area contributed by atoms with Crippen molar-refractivity contribution in [2.75, 3.05) is 5.75 Å². The predicted molar refractivity (Wildman–Crippen MR) is 61.4 cm³/mol. The van der Waals surface area contributed by atoms with Crippen LogP contribution in [-0.4, -0.2) is 12.0 Å². The first-order valence-electron chi connectivity index (χ1n) is 4.57. The summed E-state index contributed by atoms with van der Waals surface area (Å²) >= 11 is 1.47. The molecule has 0 saturated carbocycles. The molecule has 4 heteroatoms. The van der Waals surface area contributed by atoms with Gasteiger partial charge < -0.3 is 4.42 Å².